The van der Waals surface area contributed by atoms with Crippen LogP contribution in [0.25, 0.3) is 0 Å². The van der Waals surface area contributed by atoms with Gasteiger partial charge in [-0.25, -0.2) is 0 Å². The van der Waals surface area contributed by atoms with E-state index in [1.807, 2.05) is 18.7 Å². The molecule has 3 fully saturated rings. The second-order valence-corrected chi connectivity index (χ2v) is 9.99. The molecular weight excluding hydrogens is 339 g/mol. The monoisotopic (exact) mass is 364 g/mol. The minimum Gasteiger partial charge on any atom is -0.354 e. The lowest BCUT2D eigenvalue weighted by Gasteiger charge is -2.48. The Balaban J connectivity index is 1.64. The van der Waals surface area contributed by atoms with Crippen LogP contribution in [0.3, 0.4) is 0 Å². The fourth-order valence-electron chi connectivity index (χ4n) is 3.94. The maximum atomic E-state index is 12.5. The summed E-state index contributed by atoms with van der Waals surface area (Å²) in [4.78, 5) is 15.1. The number of nitrogens with one attached hydrogen (secondary N) is 1. The molecule has 22 heavy (non-hydrogen) atoms. The average Bonchev–Trinajstić information content (AvgIpc) is 3.06. The maximum absolute atomic E-state index is 12.5. The van der Waals surface area contributed by atoms with E-state index in [-0.39, 0.29) is 11.4 Å². The molecule has 2 aliphatic carbocycles. The van der Waals surface area contributed by atoms with Crippen molar-refractivity contribution in [3.63, 3.8) is 0 Å². The summed E-state index contributed by atoms with van der Waals surface area (Å²) in [5, 5.41) is 3.19. The molecule has 3 rings (SSSR count). The van der Waals surface area contributed by atoms with Gasteiger partial charge in [-0.15, -0.1) is 23.2 Å². The van der Waals surface area contributed by atoms with E-state index in [1.165, 1.54) is 43.6 Å². The van der Waals surface area contributed by atoms with E-state index in [1.54, 1.807) is 0 Å². The van der Waals surface area contributed by atoms with Gasteiger partial charge in [-0.1, -0.05) is 19.3 Å². The zero-order valence-corrected chi connectivity index (χ0v) is 15.6. The lowest BCUT2D eigenvalue weighted by molar-refractivity contribution is -0.126. The fourth-order valence-corrected chi connectivity index (χ4v) is 5.55. The van der Waals surface area contributed by atoms with E-state index in [9.17, 15) is 4.79 Å². The maximum Gasteiger partial charge on any atom is 0.229 e. The van der Waals surface area contributed by atoms with Gasteiger partial charge in [-0.2, -0.15) is 11.8 Å². The standard InChI is InChI=1S/C16H26Cl2N2OS/c1-14(11-16(14,17)18)13(21)19-12-15(5-3-2-4-6-15)20-7-9-22-10-8-20/h2-12H2,1H3,(H,19,21)/t14-/m1/s1. The van der Waals surface area contributed by atoms with Gasteiger partial charge in [0.05, 0.1) is 5.41 Å². The first-order chi connectivity index (χ1) is 10.4. The van der Waals surface area contributed by atoms with E-state index < -0.39 is 9.75 Å². The molecule has 1 atom stereocenters. The third-order valence-corrected chi connectivity index (χ3v) is 7.85. The molecule has 1 amide bonds. The minimum atomic E-state index is -0.876. The summed E-state index contributed by atoms with van der Waals surface area (Å²) in [6.07, 6.45) is 6.81. The molecule has 0 aromatic heterocycles. The van der Waals surface area contributed by atoms with Crippen molar-refractivity contribution >= 4 is 40.9 Å². The molecule has 6 heteroatoms. The predicted molar refractivity (Wildman–Crippen MR) is 94.9 cm³/mol. The Labute approximate surface area is 147 Å². The minimum absolute atomic E-state index is 0.0221. The number of rotatable bonds is 4. The number of alkyl halides is 2. The van der Waals surface area contributed by atoms with Crippen molar-refractivity contribution in [2.24, 2.45) is 5.41 Å². The summed E-state index contributed by atoms with van der Waals surface area (Å²) in [5.41, 5.74) is -0.453. The number of thioether (sulfide) groups is 1. The van der Waals surface area contributed by atoms with Crippen LogP contribution in [0.15, 0.2) is 0 Å². The first-order valence-electron chi connectivity index (χ1n) is 8.39. The molecule has 0 aromatic carbocycles. The Morgan fingerprint density at radius 1 is 1.18 bits per heavy atom. The molecule has 1 heterocycles. The summed E-state index contributed by atoms with van der Waals surface area (Å²) < 4.78 is -0.876. The molecule has 126 valence electrons. The van der Waals surface area contributed by atoms with Gasteiger partial charge in [0.2, 0.25) is 5.91 Å². The van der Waals surface area contributed by atoms with Crippen molar-refractivity contribution < 1.29 is 4.79 Å². The van der Waals surface area contributed by atoms with Crippen LogP contribution < -0.4 is 5.32 Å². The molecule has 0 radical (unpaired) electrons. The van der Waals surface area contributed by atoms with Crippen LogP contribution in [0.4, 0.5) is 0 Å². The van der Waals surface area contributed by atoms with Gasteiger partial charge in [0.1, 0.15) is 4.33 Å². The van der Waals surface area contributed by atoms with Crippen molar-refractivity contribution in [1.82, 2.24) is 10.2 Å². The van der Waals surface area contributed by atoms with Gasteiger partial charge in [-0.05, 0) is 26.2 Å². The van der Waals surface area contributed by atoms with Crippen LogP contribution >= 0.6 is 35.0 Å². The Bertz CT molecular complexity index is 434. The average molecular weight is 365 g/mol. The Morgan fingerprint density at radius 2 is 1.77 bits per heavy atom. The van der Waals surface area contributed by atoms with Crippen LogP contribution in [0, 0.1) is 5.41 Å². The van der Waals surface area contributed by atoms with Gasteiger partial charge < -0.3 is 5.32 Å². The highest BCUT2D eigenvalue weighted by Crippen LogP contribution is 2.63. The van der Waals surface area contributed by atoms with Crippen molar-refractivity contribution in [2.75, 3.05) is 31.1 Å². The third-order valence-electron chi connectivity index (χ3n) is 5.80. The molecule has 3 nitrogen and oxygen atoms in total. The lowest BCUT2D eigenvalue weighted by Crippen LogP contribution is -2.59. The van der Waals surface area contributed by atoms with Crippen molar-refractivity contribution in [3.8, 4) is 0 Å². The summed E-state index contributed by atoms with van der Waals surface area (Å²) in [5.74, 6) is 2.44. The Kier molecular flexibility index (Phi) is 4.96. The molecule has 2 saturated carbocycles. The van der Waals surface area contributed by atoms with Crippen molar-refractivity contribution in [2.45, 2.75) is 55.3 Å². The Morgan fingerprint density at radius 3 is 2.32 bits per heavy atom. The van der Waals surface area contributed by atoms with Crippen LogP contribution in [-0.4, -0.2) is 51.8 Å². The smallest absolute Gasteiger partial charge is 0.229 e. The molecule has 1 N–H and O–H groups in total. The van der Waals surface area contributed by atoms with Crippen LogP contribution in [0.2, 0.25) is 0 Å². The SMILES string of the molecule is C[C@]1(C(=O)NCC2(N3CCSCC3)CCCCC2)CC1(Cl)Cl. The van der Waals surface area contributed by atoms with Gasteiger partial charge in [0, 0.05) is 36.7 Å². The quantitative estimate of drug-likeness (QED) is 0.775. The topological polar surface area (TPSA) is 32.3 Å². The molecule has 0 aromatic rings. The second kappa shape index (κ2) is 6.34. The van der Waals surface area contributed by atoms with E-state index in [2.05, 4.69) is 10.2 Å². The van der Waals surface area contributed by atoms with E-state index >= 15 is 0 Å². The molecule has 0 bridgehead atoms. The molecule has 1 saturated heterocycles. The van der Waals surface area contributed by atoms with E-state index in [0.717, 1.165) is 19.6 Å². The van der Waals surface area contributed by atoms with Gasteiger partial charge in [0.25, 0.3) is 0 Å². The first kappa shape index (κ1) is 17.2. The summed E-state index contributed by atoms with van der Waals surface area (Å²) in [6.45, 7) is 4.91. The number of hydrogen-bond acceptors (Lipinski definition) is 3. The molecular formula is C16H26Cl2N2OS. The number of halogens is 2. The highest BCUT2D eigenvalue weighted by atomic mass is 35.5. The second-order valence-electron chi connectivity index (χ2n) is 7.28. The van der Waals surface area contributed by atoms with Gasteiger partial charge >= 0.3 is 0 Å². The number of hydrogen-bond donors (Lipinski definition) is 1. The largest absolute Gasteiger partial charge is 0.354 e. The third kappa shape index (κ3) is 3.13. The first-order valence-corrected chi connectivity index (χ1v) is 10.3. The normalized spacial score (nSPS) is 34.1. The van der Waals surface area contributed by atoms with Crippen molar-refractivity contribution in [3.05, 3.63) is 0 Å². The van der Waals surface area contributed by atoms with Crippen molar-refractivity contribution in [1.29, 1.82) is 0 Å². The number of carbonyl (C=O) groups is 1. The number of carbonyl (C=O) groups excluding carboxylic acids is 1. The van der Waals surface area contributed by atoms with E-state index in [4.69, 9.17) is 23.2 Å². The number of amides is 1. The molecule has 1 aliphatic heterocycles. The molecule has 0 spiro atoms. The summed E-state index contributed by atoms with van der Waals surface area (Å²) in [7, 11) is 0. The fraction of sp³-hybridized carbons (Fsp3) is 0.938. The van der Waals surface area contributed by atoms with Crippen LogP contribution in [0.1, 0.15) is 45.4 Å². The summed E-state index contributed by atoms with van der Waals surface area (Å²) in [6, 6.07) is 0. The highest BCUT2D eigenvalue weighted by molar-refractivity contribution is 7.99. The molecule has 0 unspecified atom stereocenters. The zero-order valence-electron chi connectivity index (χ0n) is 13.3. The zero-order chi connectivity index (χ0) is 15.8. The van der Waals surface area contributed by atoms with Gasteiger partial charge in [0.15, 0.2) is 0 Å². The van der Waals surface area contributed by atoms with Gasteiger partial charge in [-0.3, -0.25) is 9.69 Å². The predicted octanol–water partition coefficient (Wildman–Crippen LogP) is 3.44. The highest BCUT2D eigenvalue weighted by Gasteiger charge is 2.68. The molecule has 3 aliphatic rings. The van der Waals surface area contributed by atoms with Crippen LogP contribution in [0.5, 0.6) is 0 Å². The summed E-state index contributed by atoms with van der Waals surface area (Å²) >= 11 is 14.3. The Hall–Kier alpha value is 0.360. The van der Waals surface area contributed by atoms with E-state index in [0.29, 0.717) is 6.42 Å². The lowest BCUT2D eigenvalue weighted by atomic mass is 9.79. The van der Waals surface area contributed by atoms with Crippen LogP contribution in [-0.2, 0) is 4.79 Å². The number of nitrogens with zero attached hydrogens (tertiary/aromatic N) is 1.